The largest absolute Gasteiger partial charge is 0.491 e. The fourth-order valence-corrected chi connectivity index (χ4v) is 2.25. The third kappa shape index (κ3) is 1.78. The molecule has 0 spiro atoms. The predicted octanol–water partition coefficient (Wildman–Crippen LogP) is 0.506. The molecule has 0 aliphatic carbocycles. The van der Waals surface area contributed by atoms with Gasteiger partial charge in [0.05, 0.1) is 19.1 Å². The molecule has 0 saturated carbocycles. The smallest absolute Gasteiger partial charge is 0.327 e. The summed E-state index contributed by atoms with van der Waals surface area (Å²) in [7, 11) is 0. The maximum atomic E-state index is 11.2. The van der Waals surface area contributed by atoms with E-state index in [-0.39, 0.29) is 19.1 Å². The van der Waals surface area contributed by atoms with Crippen LogP contribution in [0.3, 0.4) is 0 Å². The molecule has 0 bridgehead atoms. The number of fused-ring (bicyclic) bond motifs is 1. The van der Waals surface area contributed by atoms with Crippen LogP contribution in [0.5, 0.6) is 5.75 Å². The lowest BCUT2D eigenvalue weighted by Gasteiger charge is -2.28. The molecule has 0 amide bonds. The van der Waals surface area contributed by atoms with Gasteiger partial charge in [0.1, 0.15) is 12.4 Å². The highest BCUT2D eigenvalue weighted by Crippen LogP contribution is 2.35. The van der Waals surface area contributed by atoms with Crippen LogP contribution in [0.4, 0.5) is 0 Å². The Morgan fingerprint density at radius 1 is 1.12 bits per heavy atom. The van der Waals surface area contributed by atoms with Gasteiger partial charge in [0.2, 0.25) is 0 Å². The Labute approximate surface area is 97.9 Å². The van der Waals surface area contributed by atoms with Crippen molar-refractivity contribution in [3.63, 3.8) is 0 Å². The Balaban J connectivity index is 1.86. The van der Waals surface area contributed by atoms with Crippen molar-refractivity contribution in [1.82, 2.24) is 4.90 Å². The topological polar surface area (TPSA) is 55.8 Å². The summed E-state index contributed by atoms with van der Waals surface area (Å²) in [6, 6.07) is 7.63. The van der Waals surface area contributed by atoms with Gasteiger partial charge in [0.25, 0.3) is 0 Å². The number of esters is 2. The molecule has 1 saturated heterocycles. The van der Waals surface area contributed by atoms with Gasteiger partial charge in [-0.25, -0.2) is 0 Å². The second kappa shape index (κ2) is 3.85. The highest BCUT2D eigenvalue weighted by molar-refractivity contribution is 5.90. The van der Waals surface area contributed by atoms with Gasteiger partial charge in [-0.05, 0) is 6.07 Å². The lowest BCUT2D eigenvalue weighted by Crippen LogP contribution is -2.45. The molecule has 5 nitrogen and oxygen atoms in total. The second-order valence-corrected chi connectivity index (χ2v) is 4.12. The summed E-state index contributed by atoms with van der Waals surface area (Å²) in [6.07, 6.45) is 0. The Kier molecular flexibility index (Phi) is 2.33. The summed E-state index contributed by atoms with van der Waals surface area (Å²) in [5.41, 5.74) is 1.02. The van der Waals surface area contributed by atoms with Gasteiger partial charge >= 0.3 is 11.9 Å². The maximum absolute atomic E-state index is 11.2. The predicted molar refractivity (Wildman–Crippen MR) is 57.4 cm³/mol. The molecule has 88 valence electrons. The average molecular weight is 233 g/mol. The molecule has 2 aliphatic rings. The van der Waals surface area contributed by atoms with Crippen LogP contribution >= 0.6 is 0 Å². The van der Waals surface area contributed by atoms with Crippen molar-refractivity contribution in [1.29, 1.82) is 0 Å². The van der Waals surface area contributed by atoms with E-state index in [1.54, 1.807) is 4.90 Å². The fourth-order valence-electron chi connectivity index (χ4n) is 2.25. The van der Waals surface area contributed by atoms with Gasteiger partial charge in [-0.15, -0.1) is 0 Å². The lowest BCUT2D eigenvalue weighted by molar-refractivity contribution is -0.168. The van der Waals surface area contributed by atoms with Crippen molar-refractivity contribution in [3.05, 3.63) is 29.8 Å². The van der Waals surface area contributed by atoms with Gasteiger partial charge in [0.15, 0.2) is 0 Å². The number of carbonyl (C=O) groups excluding carboxylic acids is 2. The summed E-state index contributed by atoms with van der Waals surface area (Å²) in [4.78, 5) is 24.2. The number of hydrogen-bond donors (Lipinski definition) is 0. The third-order valence-corrected chi connectivity index (χ3v) is 3.01. The van der Waals surface area contributed by atoms with Crippen LogP contribution < -0.4 is 4.74 Å². The van der Waals surface area contributed by atoms with E-state index in [0.29, 0.717) is 6.61 Å². The summed E-state index contributed by atoms with van der Waals surface area (Å²) in [6.45, 7) is 0.738. The molecule has 3 rings (SSSR count). The van der Waals surface area contributed by atoms with Crippen LogP contribution in [-0.4, -0.2) is 36.5 Å². The number of nitrogens with zero attached hydrogens (tertiary/aromatic N) is 1. The maximum Gasteiger partial charge on any atom is 0.327 e. The molecule has 5 heteroatoms. The Morgan fingerprint density at radius 3 is 2.59 bits per heavy atom. The van der Waals surface area contributed by atoms with E-state index in [0.717, 1.165) is 11.3 Å². The third-order valence-electron chi connectivity index (χ3n) is 3.01. The van der Waals surface area contributed by atoms with Crippen LogP contribution in [0, 0.1) is 0 Å². The highest BCUT2D eigenvalue weighted by atomic mass is 16.6. The molecular weight excluding hydrogens is 222 g/mol. The molecule has 2 heterocycles. The van der Waals surface area contributed by atoms with E-state index < -0.39 is 11.9 Å². The van der Waals surface area contributed by atoms with Crippen molar-refractivity contribution in [3.8, 4) is 5.75 Å². The van der Waals surface area contributed by atoms with Crippen molar-refractivity contribution >= 4 is 11.9 Å². The molecule has 0 N–H and O–H groups in total. The quantitative estimate of drug-likeness (QED) is 0.522. The Morgan fingerprint density at radius 2 is 1.82 bits per heavy atom. The molecular formula is C12H11NO4. The zero-order valence-electron chi connectivity index (χ0n) is 9.09. The number of carbonyl (C=O) groups is 2. The van der Waals surface area contributed by atoms with E-state index in [9.17, 15) is 9.59 Å². The second-order valence-electron chi connectivity index (χ2n) is 4.12. The summed E-state index contributed by atoms with van der Waals surface area (Å²) >= 11 is 0. The van der Waals surface area contributed by atoms with Gasteiger partial charge in [-0.3, -0.25) is 14.5 Å². The van der Waals surface area contributed by atoms with Crippen molar-refractivity contribution in [2.45, 2.75) is 6.04 Å². The number of para-hydroxylation sites is 1. The first-order valence-electron chi connectivity index (χ1n) is 5.43. The average Bonchev–Trinajstić information content (AvgIpc) is 2.71. The molecule has 17 heavy (non-hydrogen) atoms. The van der Waals surface area contributed by atoms with Gasteiger partial charge in [0, 0.05) is 5.56 Å². The highest BCUT2D eigenvalue weighted by Gasteiger charge is 2.35. The van der Waals surface area contributed by atoms with Gasteiger partial charge < -0.3 is 9.47 Å². The first-order chi connectivity index (χ1) is 8.24. The van der Waals surface area contributed by atoms with Crippen LogP contribution in [-0.2, 0) is 14.3 Å². The van der Waals surface area contributed by atoms with Crippen LogP contribution in [0.2, 0.25) is 0 Å². The zero-order valence-corrected chi connectivity index (χ0v) is 9.09. The first kappa shape index (κ1) is 10.3. The van der Waals surface area contributed by atoms with E-state index in [2.05, 4.69) is 4.74 Å². The van der Waals surface area contributed by atoms with Crippen LogP contribution in [0.15, 0.2) is 24.3 Å². The van der Waals surface area contributed by atoms with E-state index >= 15 is 0 Å². The summed E-state index contributed by atoms with van der Waals surface area (Å²) < 4.78 is 10.0. The van der Waals surface area contributed by atoms with Gasteiger partial charge in [-0.2, -0.15) is 0 Å². The number of hydrogen-bond acceptors (Lipinski definition) is 5. The zero-order chi connectivity index (χ0) is 11.8. The van der Waals surface area contributed by atoms with E-state index in [1.165, 1.54) is 0 Å². The number of rotatable bonds is 1. The number of benzene rings is 1. The van der Waals surface area contributed by atoms with Crippen LogP contribution in [0.25, 0.3) is 0 Å². The molecule has 2 aliphatic heterocycles. The monoisotopic (exact) mass is 233 g/mol. The SMILES string of the molecule is O=C1CN(C2COc3ccccc32)CC(=O)O1. The molecule has 1 aromatic rings. The molecule has 1 fully saturated rings. The molecule has 0 aromatic heterocycles. The molecule has 1 unspecified atom stereocenters. The van der Waals surface area contributed by atoms with E-state index in [1.807, 2.05) is 24.3 Å². The van der Waals surface area contributed by atoms with E-state index in [4.69, 9.17) is 4.74 Å². The molecule has 1 aromatic carbocycles. The van der Waals surface area contributed by atoms with Crippen molar-refractivity contribution < 1.29 is 19.1 Å². The van der Waals surface area contributed by atoms with Crippen molar-refractivity contribution in [2.75, 3.05) is 19.7 Å². The Hall–Kier alpha value is -1.88. The minimum absolute atomic E-state index is 0.0389. The normalized spacial score (nSPS) is 24.1. The first-order valence-corrected chi connectivity index (χ1v) is 5.43. The molecule has 1 atom stereocenters. The summed E-state index contributed by atoms with van der Waals surface area (Å²) in [5, 5.41) is 0. The minimum atomic E-state index is -0.495. The summed E-state index contributed by atoms with van der Waals surface area (Å²) in [5.74, 6) is -0.167. The standard InChI is InChI=1S/C12H11NO4/c14-11-5-13(6-12(15)17-11)9-7-16-10-4-2-1-3-8(9)10/h1-4,9H,5-7H2. The van der Waals surface area contributed by atoms with Crippen LogP contribution in [0.1, 0.15) is 11.6 Å². The molecule has 0 radical (unpaired) electrons. The fraction of sp³-hybridized carbons (Fsp3) is 0.333. The lowest BCUT2D eigenvalue weighted by atomic mass is 10.1. The minimum Gasteiger partial charge on any atom is -0.491 e. The van der Waals surface area contributed by atoms with Gasteiger partial charge in [-0.1, -0.05) is 18.2 Å². The number of cyclic esters (lactones) is 2. The number of morpholine rings is 1. The number of ether oxygens (including phenoxy) is 2. The Bertz CT molecular complexity index is 469. The van der Waals surface area contributed by atoms with Crippen molar-refractivity contribution in [2.24, 2.45) is 0 Å².